The molecule has 0 unspecified atom stereocenters. The molecule has 0 aliphatic heterocycles. The van der Waals surface area contributed by atoms with Crippen LogP contribution in [0.25, 0.3) is 0 Å². The smallest absolute Gasteiger partial charge is 0.410 e. The minimum atomic E-state index is -0.687. The second-order valence-electron chi connectivity index (χ2n) is 4.93. The Kier molecular flexibility index (Phi) is 7.35. The van der Waals surface area contributed by atoms with E-state index in [9.17, 15) is 14.4 Å². The summed E-state index contributed by atoms with van der Waals surface area (Å²) in [5, 5.41) is 0. The number of esters is 2. The molecule has 0 spiro atoms. The number of ether oxygens (including phenoxy) is 3. The SMILES string of the molecule is COC(=O)/C=C/C(=O)OCCN(C)C(=O)OC(C)(C)C. The first-order valence-corrected chi connectivity index (χ1v) is 6.02. The first-order chi connectivity index (χ1) is 9.15. The number of methoxy groups -OCH3 is 1. The number of rotatable bonds is 5. The fourth-order valence-electron chi connectivity index (χ4n) is 0.967. The molecule has 7 heteroatoms. The Balaban J connectivity index is 4.00. The van der Waals surface area contributed by atoms with Gasteiger partial charge >= 0.3 is 18.0 Å². The normalized spacial score (nSPS) is 11.1. The van der Waals surface area contributed by atoms with E-state index < -0.39 is 23.6 Å². The quantitative estimate of drug-likeness (QED) is 0.428. The van der Waals surface area contributed by atoms with Crippen molar-refractivity contribution in [3.8, 4) is 0 Å². The van der Waals surface area contributed by atoms with Crippen LogP contribution in [0.5, 0.6) is 0 Å². The van der Waals surface area contributed by atoms with Crippen molar-refractivity contribution in [2.24, 2.45) is 0 Å². The lowest BCUT2D eigenvalue weighted by Gasteiger charge is -2.24. The molecule has 0 rings (SSSR count). The van der Waals surface area contributed by atoms with E-state index in [2.05, 4.69) is 4.74 Å². The van der Waals surface area contributed by atoms with Gasteiger partial charge in [-0.1, -0.05) is 0 Å². The highest BCUT2D eigenvalue weighted by molar-refractivity contribution is 5.91. The second kappa shape index (κ2) is 8.19. The molecule has 20 heavy (non-hydrogen) atoms. The molecule has 0 aliphatic rings. The van der Waals surface area contributed by atoms with Crippen LogP contribution >= 0.6 is 0 Å². The summed E-state index contributed by atoms with van der Waals surface area (Å²) in [7, 11) is 2.74. The van der Waals surface area contributed by atoms with Gasteiger partial charge in [0, 0.05) is 19.2 Å². The number of hydrogen-bond donors (Lipinski definition) is 0. The molecule has 0 saturated carbocycles. The monoisotopic (exact) mass is 287 g/mol. The Morgan fingerprint density at radius 2 is 1.65 bits per heavy atom. The van der Waals surface area contributed by atoms with Gasteiger partial charge in [0.05, 0.1) is 13.7 Å². The van der Waals surface area contributed by atoms with E-state index in [1.807, 2.05) is 0 Å². The lowest BCUT2D eigenvalue weighted by atomic mass is 10.2. The van der Waals surface area contributed by atoms with Crippen LogP contribution in [0.4, 0.5) is 4.79 Å². The van der Waals surface area contributed by atoms with Gasteiger partial charge in [-0.05, 0) is 20.8 Å². The molecule has 0 aromatic rings. The number of carbonyl (C=O) groups is 3. The van der Waals surface area contributed by atoms with Crippen LogP contribution in [0.2, 0.25) is 0 Å². The number of amides is 1. The molecule has 0 N–H and O–H groups in total. The largest absolute Gasteiger partial charge is 0.466 e. The molecular formula is C13H21NO6. The molecule has 114 valence electrons. The summed E-state index contributed by atoms with van der Waals surface area (Å²) in [6.07, 6.45) is 1.41. The van der Waals surface area contributed by atoms with Gasteiger partial charge < -0.3 is 19.1 Å². The van der Waals surface area contributed by atoms with Crippen LogP contribution in [0.15, 0.2) is 12.2 Å². The average Bonchev–Trinajstić information content (AvgIpc) is 2.33. The summed E-state index contributed by atoms with van der Waals surface area (Å²) in [5.41, 5.74) is -0.578. The fourth-order valence-corrected chi connectivity index (χ4v) is 0.967. The number of nitrogens with zero attached hydrogens (tertiary/aromatic N) is 1. The van der Waals surface area contributed by atoms with Gasteiger partial charge in [-0.3, -0.25) is 0 Å². The van der Waals surface area contributed by atoms with Crippen molar-refractivity contribution in [1.82, 2.24) is 4.90 Å². The van der Waals surface area contributed by atoms with Crippen LogP contribution in [-0.4, -0.2) is 55.8 Å². The summed E-state index contributed by atoms with van der Waals surface area (Å²) < 4.78 is 14.2. The first-order valence-electron chi connectivity index (χ1n) is 6.02. The third kappa shape index (κ3) is 8.96. The lowest BCUT2D eigenvalue weighted by molar-refractivity contribution is -0.139. The maximum absolute atomic E-state index is 11.6. The maximum Gasteiger partial charge on any atom is 0.410 e. The van der Waals surface area contributed by atoms with Crippen LogP contribution in [0.3, 0.4) is 0 Å². The summed E-state index contributed by atoms with van der Waals surface area (Å²) in [6.45, 7) is 5.47. The third-order valence-corrected chi connectivity index (χ3v) is 1.93. The van der Waals surface area contributed by atoms with Crippen molar-refractivity contribution in [1.29, 1.82) is 0 Å². The van der Waals surface area contributed by atoms with E-state index in [0.717, 1.165) is 12.2 Å². The van der Waals surface area contributed by atoms with Gasteiger partial charge in [0.2, 0.25) is 0 Å². The highest BCUT2D eigenvalue weighted by Gasteiger charge is 2.19. The number of carbonyl (C=O) groups excluding carboxylic acids is 3. The highest BCUT2D eigenvalue weighted by atomic mass is 16.6. The van der Waals surface area contributed by atoms with Gasteiger partial charge in [0.15, 0.2) is 0 Å². The van der Waals surface area contributed by atoms with E-state index in [-0.39, 0.29) is 13.2 Å². The Morgan fingerprint density at radius 1 is 1.10 bits per heavy atom. The molecule has 0 aliphatic carbocycles. The van der Waals surface area contributed by atoms with Crippen molar-refractivity contribution in [3.05, 3.63) is 12.2 Å². The van der Waals surface area contributed by atoms with Gasteiger partial charge in [-0.25, -0.2) is 14.4 Å². The van der Waals surface area contributed by atoms with Gasteiger partial charge in [0.25, 0.3) is 0 Å². The second-order valence-corrected chi connectivity index (χ2v) is 4.93. The predicted octanol–water partition coefficient (Wildman–Crippen LogP) is 1.13. The number of hydrogen-bond acceptors (Lipinski definition) is 6. The molecule has 0 bridgehead atoms. The minimum absolute atomic E-state index is 0.0000881. The van der Waals surface area contributed by atoms with Gasteiger partial charge in [-0.2, -0.15) is 0 Å². The highest BCUT2D eigenvalue weighted by Crippen LogP contribution is 2.08. The Labute approximate surface area is 118 Å². The molecule has 0 fully saturated rings. The topological polar surface area (TPSA) is 82.1 Å². The van der Waals surface area contributed by atoms with Crippen LogP contribution < -0.4 is 0 Å². The summed E-state index contributed by atoms with van der Waals surface area (Å²) in [5.74, 6) is -1.33. The maximum atomic E-state index is 11.6. The third-order valence-electron chi connectivity index (χ3n) is 1.93. The minimum Gasteiger partial charge on any atom is -0.466 e. The van der Waals surface area contributed by atoms with Crippen molar-refractivity contribution in [2.75, 3.05) is 27.3 Å². The van der Waals surface area contributed by atoms with Gasteiger partial charge in [-0.15, -0.1) is 0 Å². The summed E-state index contributed by atoms with van der Waals surface area (Å²) in [4.78, 5) is 34.8. The van der Waals surface area contributed by atoms with Gasteiger partial charge in [0.1, 0.15) is 12.2 Å². The molecule has 0 heterocycles. The lowest BCUT2D eigenvalue weighted by Crippen LogP contribution is -2.36. The van der Waals surface area contributed by atoms with Crippen molar-refractivity contribution in [3.63, 3.8) is 0 Å². The summed E-state index contributed by atoms with van der Waals surface area (Å²) >= 11 is 0. The molecule has 0 saturated heterocycles. The van der Waals surface area contributed by atoms with Crippen molar-refractivity contribution >= 4 is 18.0 Å². The standard InChI is InChI=1S/C13H21NO6/c1-13(2,3)20-12(17)14(4)8-9-19-11(16)7-6-10(15)18-5/h6-7H,8-9H2,1-5H3/b7-6+. The summed E-state index contributed by atoms with van der Waals surface area (Å²) in [6, 6.07) is 0. The Bertz CT molecular complexity index is 383. The Morgan fingerprint density at radius 3 is 2.15 bits per heavy atom. The molecule has 0 aromatic heterocycles. The van der Waals surface area contributed by atoms with E-state index in [1.165, 1.54) is 19.1 Å². The molecule has 1 amide bonds. The van der Waals surface area contributed by atoms with E-state index in [1.54, 1.807) is 20.8 Å². The molecule has 0 atom stereocenters. The van der Waals surface area contributed by atoms with Crippen molar-refractivity contribution in [2.45, 2.75) is 26.4 Å². The number of likely N-dealkylation sites (N-methyl/N-ethyl adjacent to an activating group) is 1. The Hall–Kier alpha value is -2.05. The predicted molar refractivity (Wildman–Crippen MR) is 71.0 cm³/mol. The molecule has 0 radical (unpaired) electrons. The zero-order chi connectivity index (χ0) is 15.8. The molecule has 0 aromatic carbocycles. The zero-order valence-corrected chi connectivity index (χ0v) is 12.5. The van der Waals surface area contributed by atoms with Crippen molar-refractivity contribution < 1.29 is 28.6 Å². The van der Waals surface area contributed by atoms with E-state index in [4.69, 9.17) is 9.47 Å². The van der Waals surface area contributed by atoms with E-state index >= 15 is 0 Å². The average molecular weight is 287 g/mol. The molecular weight excluding hydrogens is 266 g/mol. The van der Waals surface area contributed by atoms with E-state index in [0.29, 0.717) is 0 Å². The fraction of sp³-hybridized carbons (Fsp3) is 0.615. The molecule has 7 nitrogen and oxygen atoms in total. The van der Waals surface area contributed by atoms with Crippen LogP contribution in [0, 0.1) is 0 Å². The van der Waals surface area contributed by atoms with Crippen LogP contribution in [-0.2, 0) is 23.8 Å². The van der Waals surface area contributed by atoms with Crippen LogP contribution in [0.1, 0.15) is 20.8 Å². The zero-order valence-electron chi connectivity index (χ0n) is 12.5. The first kappa shape index (κ1) is 17.9.